The van der Waals surface area contributed by atoms with Crippen molar-refractivity contribution in [3.05, 3.63) is 59.9 Å². The van der Waals surface area contributed by atoms with Crippen LogP contribution in [0.1, 0.15) is 0 Å². The van der Waals surface area contributed by atoms with Crippen LogP contribution in [0.5, 0.6) is 0 Å². The van der Waals surface area contributed by atoms with Gasteiger partial charge in [-0.3, -0.25) is 4.31 Å². The van der Waals surface area contributed by atoms with Crippen LogP contribution in [0.3, 0.4) is 0 Å². The molecule has 0 saturated carbocycles. The van der Waals surface area contributed by atoms with E-state index in [0.29, 0.717) is 0 Å². The Balaban J connectivity index is 2.58. The number of hydrogen-bond donors (Lipinski definition) is 1. The van der Waals surface area contributed by atoms with Gasteiger partial charge in [-0.25, -0.2) is 21.6 Å². The number of sulfonamides is 1. The van der Waals surface area contributed by atoms with Crippen molar-refractivity contribution in [1.82, 2.24) is 0 Å². The van der Waals surface area contributed by atoms with Crippen molar-refractivity contribution in [1.29, 1.82) is 0 Å². The molecule has 0 amide bonds. The van der Waals surface area contributed by atoms with E-state index in [1.807, 2.05) is 0 Å². The molecule has 0 fully saturated rings. The summed E-state index contributed by atoms with van der Waals surface area (Å²) in [5.74, 6) is -4.36. The molecule has 2 aromatic carbocycles. The summed E-state index contributed by atoms with van der Waals surface area (Å²) in [6, 6.07) is 8.08. The van der Waals surface area contributed by atoms with Crippen LogP contribution in [0.15, 0.2) is 47.4 Å². The van der Waals surface area contributed by atoms with E-state index in [9.17, 15) is 21.6 Å². The Morgan fingerprint density at radius 1 is 0.955 bits per heavy atom. The lowest BCUT2D eigenvalue weighted by Crippen LogP contribution is -2.34. The molecule has 0 atom stereocenters. The van der Waals surface area contributed by atoms with E-state index >= 15 is 0 Å². The molecular formula is C14H12F3NO3S. The molecule has 4 nitrogen and oxygen atoms in total. The zero-order chi connectivity index (χ0) is 16.3. The lowest BCUT2D eigenvalue weighted by molar-refractivity contribution is 0.306. The third-order valence-electron chi connectivity index (χ3n) is 2.89. The van der Waals surface area contributed by atoms with Crippen molar-refractivity contribution in [2.75, 3.05) is 17.5 Å². The summed E-state index contributed by atoms with van der Waals surface area (Å²) >= 11 is 0. The van der Waals surface area contributed by atoms with Crippen molar-refractivity contribution < 1.29 is 26.7 Å². The van der Waals surface area contributed by atoms with Gasteiger partial charge < -0.3 is 5.11 Å². The molecule has 0 spiro atoms. The van der Waals surface area contributed by atoms with Gasteiger partial charge in [-0.15, -0.1) is 0 Å². The zero-order valence-electron chi connectivity index (χ0n) is 11.2. The lowest BCUT2D eigenvalue weighted by atomic mass is 10.3. The maximum absolute atomic E-state index is 13.8. The van der Waals surface area contributed by atoms with Crippen molar-refractivity contribution in [3.63, 3.8) is 0 Å². The number of benzene rings is 2. The Morgan fingerprint density at radius 3 is 2.14 bits per heavy atom. The third kappa shape index (κ3) is 3.07. The van der Waals surface area contributed by atoms with Gasteiger partial charge in [-0.1, -0.05) is 18.2 Å². The predicted octanol–water partition coefficient (Wildman–Crippen LogP) is 2.29. The largest absolute Gasteiger partial charge is 0.394 e. The Hall–Kier alpha value is -2.06. The second kappa shape index (κ2) is 6.37. The topological polar surface area (TPSA) is 57.6 Å². The van der Waals surface area contributed by atoms with E-state index in [0.717, 1.165) is 4.31 Å². The van der Waals surface area contributed by atoms with Gasteiger partial charge in [0.1, 0.15) is 10.7 Å². The first-order valence-electron chi connectivity index (χ1n) is 6.21. The third-order valence-corrected chi connectivity index (χ3v) is 4.73. The SMILES string of the molecule is O=S(=O)(c1cc(F)c(F)cc1F)N(CCO)c1ccccc1. The van der Waals surface area contributed by atoms with Crippen LogP contribution in [-0.4, -0.2) is 26.7 Å². The minimum atomic E-state index is -4.49. The lowest BCUT2D eigenvalue weighted by Gasteiger charge is -2.23. The van der Waals surface area contributed by atoms with Crippen LogP contribution in [-0.2, 0) is 10.0 Å². The van der Waals surface area contributed by atoms with Gasteiger partial charge in [0.05, 0.1) is 18.8 Å². The quantitative estimate of drug-likeness (QED) is 0.855. The summed E-state index contributed by atoms with van der Waals surface area (Å²) < 4.78 is 65.7. The fourth-order valence-corrected chi connectivity index (χ4v) is 3.41. The van der Waals surface area contributed by atoms with Crippen LogP contribution in [0, 0.1) is 17.5 Å². The number of aliphatic hydroxyl groups is 1. The van der Waals surface area contributed by atoms with E-state index in [-0.39, 0.29) is 24.4 Å². The van der Waals surface area contributed by atoms with E-state index in [2.05, 4.69) is 0 Å². The zero-order valence-corrected chi connectivity index (χ0v) is 12.0. The van der Waals surface area contributed by atoms with E-state index < -0.39 is 39.0 Å². The first kappa shape index (κ1) is 16.3. The van der Waals surface area contributed by atoms with Crippen LogP contribution in [0.2, 0.25) is 0 Å². The van der Waals surface area contributed by atoms with E-state index in [1.165, 1.54) is 12.1 Å². The van der Waals surface area contributed by atoms with Crippen molar-refractivity contribution in [2.45, 2.75) is 4.90 Å². The minimum Gasteiger partial charge on any atom is -0.394 e. The molecule has 22 heavy (non-hydrogen) atoms. The van der Waals surface area contributed by atoms with E-state index in [4.69, 9.17) is 5.11 Å². The monoisotopic (exact) mass is 331 g/mol. The average molecular weight is 331 g/mol. The summed E-state index contributed by atoms with van der Waals surface area (Å²) in [5.41, 5.74) is 0.167. The minimum absolute atomic E-state index is 0.167. The summed E-state index contributed by atoms with van der Waals surface area (Å²) in [7, 11) is -4.49. The van der Waals surface area contributed by atoms with Crippen molar-refractivity contribution in [3.8, 4) is 0 Å². The summed E-state index contributed by atoms with van der Waals surface area (Å²) in [4.78, 5) is -0.997. The molecule has 0 aromatic heterocycles. The predicted molar refractivity (Wildman–Crippen MR) is 74.4 cm³/mol. The fraction of sp³-hybridized carbons (Fsp3) is 0.143. The molecule has 8 heteroatoms. The smallest absolute Gasteiger partial charge is 0.267 e. The van der Waals surface area contributed by atoms with Crippen molar-refractivity contribution in [2.24, 2.45) is 0 Å². The Morgan fingerprint density at radius 2 is 1.55 bits per heavy atom. The molecule has 0 radical (unpaired) electrons. The molecule has 0 aliphatic heterocycles. The highest BCUT2D eigenvalue weighted by molar-refractivity contribution is 7.92. The Labute approximate surface area is 125 Å². The summed E-state index contributed by atoms with van der Waals surface area (Å²) in [5, 5.41) is 9.04. The van der Waals surface area contributed by atoms with Crippen LogP contribution in [0.25, 0.3) is 0 Å². The molecule has 118 valence electrons. The summed E-state index contributed by atoms with van der Waals surface area (Å²) in [6.07, 6.45) is 0. The highest BCUT2D eigenvalue weighted by Gasteiger charge is 2.29. The number of rotatable bonds is 5. The highest BCUT2D eigenvalue weighted by Crippen LogP contribution is 2.26. The molecular weight excluding hydrogens is 319 g/mol. The van der Waals surface area contributed by atoms with E-state index in [1.54, 1.807) is 18.2 Å². The van der Waals surface area contributed by atoms with Gasteiger partial charge in [0.25, 0.3) is 10.0 Å². The first-order chi connectivity index (χ1) is 10.4. The van der Waals surface area contributed by atoms with Gasteiger partial charge >= 0.3 is 0 Å². The number of halogens is 3. The highest BCUT2D eigenvalue weighted by atomic mass is 32.2. The van der Waals surface area contributed by atoms with Crippen LogP contribution >= 0.6 is 0 Å². The Kier molecular flexibility index (Phi) is 4.72. The summed E-state index contributed by atoms with van der Waals surface area (Å²) in [6.45, 7) is -0.885. The maximum atomic E-state index is 13.8. The van der Waals surface area contributed by atoms with Crippen molar-refractivity contribution >= 4 is 15.7 Å². The van der Waals surface area contributed by atoms with Gasteiger partial charge in [-0.05, 0) is 12.1 Å². The number of anilines is 1. The molecule has 0 aliphatic rings. The van der Waals surface area contributed by atoms with Gasteiger partial charge in [0.15, 0.2) is 11.6 Å². The van der Waals surface area contributed by atoms with Gasteiger partial charge in [0.2, 0.25) is 0 Å². The molecule has 0 aliphatic carbocycles. The molecule has 0 bridgehead atoms. The fourth-order valence-electron chi connectivity index (χ4n) is 1.89. The second-order valence-corrected chi connectivity index (χ2v) is 6.16. The second-order valence-electron chi connectivity index (χ2n) is 4.33. The molecule has 1 N–H and O–H groups in total. The Bertz CT molecular complexity index is 766. The number of nitrogens with zero attached hydrogens (tertiary/aromatic N) is 1. The maximum Gasteiger partial charge on any atom is 0.267 e. The van der Waals surface area contributed by atoms with Gasteiger partial charge in [-0.2, -0.15) is 0 Å². The molecule has 0 heterocycles. The van der Waals surface area contributed by atoms with Gasteiger partial charge in [0, 0.05) is 12.1 Å². The molecule has 2 rings (SSSR count). The number of para-hydroxylation sites is 1. The molecule has 2 aromatic rings. The van der Waals surface area contributed by atoms with Crippen LogP contribution in [0.4, 0.5) is 18.9 Å². The average Bonchev–Trinajstić information content (AvgIpc) is 2.49. The number of aliphatic hydroxyl groups excluding tert-OH is 1. The standard InChI is InChI=1S/C14H12F3NO3S/c15-11-8-13(17)14(9-12(11)16)22(20,21)18(6-7-19)10-4-2-1-3-5-10/h1-5,8-9,19H,6-7H2. The molecule has 0 saturated heterocycles. The first-order valence-corrected chi connectivity index (χ1v) is 7.65. The number of hydrogen-bond acceptors (Lipinski definition) is 3. The molecule has 0 unspecified atom stereocenters. The normalized spacial score (nSPS) is 11.5. The van der Waals surface area contributed by atoms with Crippen LogP contribution < -0.4 is 4.31 Å².